The van der Waals surface area contributed by atoms with E-state index in [0.717, 1.165) is 36.0 Å². The second kappa shape index (κ2) is 11.3. The third-order valence-electron chi connectivity index (χ3n) is 14.5. The number of fused-ring (bicyclic) bond motifs is 7. The van der Waals surface area contributed by atoms with Crippen molar-refractivity contribution in [1.82, 2.24) is 15.1 Å². The van der Waals surface area contributed by atoms with Gasteiger partial charge in [-0.3, -0.25) is 9.80 Å². The molecular weight excluding hydrogens is 506 g/mol. The number of morpholine rings is 2. The van der Waals surface area contributed by atoms with Crippen LogP contribution in [0.1, 0.15) is 141 Å². The summed E-state index contributed by atoms with van der Waals surface area (Å²) in [6, 6.07) is 6.07. The molecule has 14 atom stereocenters. The molecule has 0 radical (unpaired) electrons. The number of hydrogen-bond acceptors (Lipinski definition) is 5. The van der Waals surface area contributed by atoms with Gasteiger partial charge < -0.3 is 14.8 Å². The second-order valence-corrected chi connectivity index (χ2v) is 16.4. The van der Waals surface area contributed by atoms with Crippen LogP contribution < -0.4 is 5.32 Å². The number of nitrogens with zero attached hydrogens (tertiary/aromatic N) is 2. The predicted octanol–water partition coefficient (Wildman–Crippen LogP) is 6.57. The Morgan fingerprint density at radius 3 is 1.10 bits per heavy atom. The zero-order valence-corrected chi connectivity index (χ0v) is 25.9. The molecule has 3 aliphatic heterocycles. The summed E-state index contributed by atoms with van der Waals surface area (Å²) < 4.78 is 13.8. The van der Waals surface area contributed by atoms with Crippen LogP contribution in [0.25, 0.3) is 0 Å². The van der Waals surface area contributed by atoms with E-state index >= 15 is 0 Å². The van der Waals surface area contributed by atoms with Gasteiger partial charge in [0.1, 0.15) is 0 Å². The maximum atomic E-state index is 6.89. The van der Waals surface area contributed by atoms with Gasteiger partial charge in [0.05, 0.1) is 24.4 Å². The molecule has 1 N–H and O–H groups in total. The molecule has 230 valence electrons. The van der Waals surface area contributed by atoms with Gasteiger partial charge in [-0.15, -0.1) is 0 Å². The number of rotatable bonds is 2. The third kappa shape index (κ3) is 4.72. The van der Waals surface area contributed by atoms with E-state index in [4.69, 9.17) is 9.47 Å². The molecule has 14 unspecified atom stereocenters. The van der Waals surface area contributed by atoms with E-state index in [9.17, 15) is 0 Å². The van der Waals surface area contributed by atoms with Crippen molar-refractivity contribution in [1.29, 1.82) is 0 Å². The molecule has 3 saturated heterocycles. The maximum absolute atomic E-state index is 6.89. The van der Waals surface area contributed by atoms with Crippen molar-refractivity contribution >= 4 is 0 Å². The highest BCUT2D eigenvalue weighted by atomic mass is 16.5. The first-order valence-electron chi connectivity index (χ1n) is 18.9. The van der Waals surface area contributed by atoms with Crippen LogP contribution >= 0.6 is 0 Å². The molecule has 9 aliphatic rings. The predicted molar refractivity (Wildman–Crippen MR) is 163 cm³/mol. The molecule has 5 heteroatoms. The third-order valence-corrected chi connectivity index (χ3v) is 14.5. The molecule has 0 spiro atoms. The SMILES string of the molecule is C1CCC2C(C1)OC1CCCCC1N2C1CCC2NC3CCC(N4C5CCCCC5OC5CCCCC54)CC3C2C1. The molecular formula is C36H59N3O2. The van der Waals surface area contributed by atoms with E-state index in [-0.39, 0.29) is 0 Å². The normalized spacial score (nSPS) is 54.1. The summed E-state index contributed by atoms with van der Waals surface area (Å²) >= 11 is 0. The van der Waals surface area contributed by atoms with Crippen molar-refractivity contribution in [2.75, 3.05) is 0 Å². The van der Waals surface area contributed by atoms with Crippen LogP contribution in [0.15, 0.2) is 0 Å². The average molecular weight is 566 g/mol. The smallest absolute Gasteiger partial charge is 0.0735 e. The molecule has 6 saturated carbocycles. The number of nitrogens with one attached hydrogen (secondary N) is 1. The van der Waals surface area contributed by atoms with Crippen molar-refractivity contribution in [3.05, 3.63) is 0 Å². The molecule has 9 fully saturated rings. The first-order chi connectivity index (χ1) is 20.3. The standard InChI is InChI=1S/C36H59N3O2/c1-5-13-33-29(9-1)38(30-10-2-6-14-34(30)40-33)23-17-19-27-25(21-23)26-22-24(18-20-28(26)37-27)39-31-11-3-7-15-35(31)41-36-16-8-4-12-32(36)39/h23-37H,1-22H2. The van der Waals surface area contributed by atoms with E-state index in [1.54, 1.807) is 0 Å². The molecule has 0 aromatic carbocycles. The summed E-state index contributed by atoms with van der Waals surface area (Å²) in [5.74, 6) is 1.80. The number of ether oxygens (including phenoxy) is 2. The minimum absolute atomic E-state index is 0.530. The maximum Gasteiger partial charge on any atom is 0.0735 e. The van der Waals surface area contributed by atoms with Gasteiger partial charge in [0.15, 0.2) is 0 Å². The Balaban J connectivity index is 0.954. The van der Waals surface area contributed by atoms with Gasteiger partial charge in [0, 0.05) is 48.3 Å². The van der Waals surface area contributed by atoms with Crippen molar-refractivity contribution in [2.45, 2.75) is 214 Å². The molecule has 6 aliphatic carbocycles. The zero-order valence-electron chi connectivity index (χ0n) is 25.9. The Kier molecular flexibility index (Phi) is 7.48. The monoisotopic (exact) mass is 565 g/mol. The lowest BCUT2D eigenvalue weighted by molar-refractivity contribution is -0.194. The van der Waals surface area contributed by atoms with Crippen molar-refractivity contribution in [3.63, 3.8) is 0 Å². The first kappa shape index (κ1) is 27.1. The highest BCUT2D eigenvalue weighted by Crippen LogP contribution is 2.50. The Morgan fingerprint density at radius 1 is 0.390 bits per heavy atom. The van der Waals surface area contributed by atoms with Crippen LogP contribution in [0.3, 0.4) is 0 Å². The first-order valence-corrected chi connectivity index (χ1v) is 18.9. The van der Waals surface area contributed by atoms with E-state index in [1.165, 1.54) is 141 Å². The highest BCUT2D eigenvalue weighted by molar-refractivity contribution is 5.10. The fraction of sp³-hybridized carbons (Fsp3) is 1.00. The van der Waals surface area contributed by atoms with Crippen molar-refractivity contribution in [3.8, 4) is 0 Å². The Bertz CT molecular complexity index is 815. The van der Waals surface area contributed by atoms with Crippen LogP contribution in [0.5, 0.6) is 0 Å². The largest absolute Gasteiger partial charge is 0.372 e. The molecule has 0 bridgehead atoms. The van der Waals surface area contributed by atoms with Gasteiger partial charge in [-0.25, -0.2) is 0 Å². The van der Waals surface area contributed by atoms with Crippen LogP contribution in [0.2, 0.25) is 0 Å². The quantitative estimate of drug-likeness (QED) is 0.410. The van der Waals surface area contributed by atoms with Gasteiger partial charge in [-0.05, 0) is 102 Å². The molecule has 3 heterocycles. The topological polar surface area (TPSA) is 37.0 Å². The molecule has 0 aromatic heterocycles. The Labute approximate surface area is 250 Å². The van der Waals surface area contributed by atoms with Gasteiger partial charge >= 0.3 is 0 Å². The molecule has 9 rings (SSSR count). The van der Waals surface area contributed by atoms with Crippen molar-refractivity contribution < 1.29 is 9.47 Å². The minimum atomic E-state index is 0.530. The van der Waals surface area contributed by atoms with Crippen LogP contribution in [0, 0.1) is 11.8 Å². The summed E-state index contributed by atoms with van der Waals surface area (Å²) in [5.41, 5.74) is 0. The molecule has 5 nitrogen and oxygen atoms in total. The summed E-state index contributed by atoms with van der Waals surface area (Å²) in [6.07, 6.45) is 32.9. The number of hydrogen-bond donors (Lipinski definition) is 1. The highest BCUT2D eigenvalue weighted by Gasteiger charge is 2.55. The van der Waals surface area contributed by atoms with E-state index in [0.29, 0.717) is 48.6 Å². The fourth-order valence-electron chi connectivity index (χ4n) is 12.9. The van der Waals surface area contributed by atoms with Gasteiger partial charge in [0.25, 0.3) is 0 Å². The van der Waals surface area contributed by atoms with E-state index in [2.05, 4.69) is 15.1 Å². The lowest BCUT2D eigenvalue weighted by Crippen LogP contribution is -2.66. The zero-order chi connectivity index (χ0) is 26.9. The summed E-state index contributed by atoms with van der Waals surface area (Å²) in [7, 11) is 0. The minimum Gasteiger partial charge on any atom is -0.372 e. The average Bonchev–Trinajstić information content (AvgIpc) is 3.39. The van der Waals surface area contributed by atoms with Gasteiger partial charge in [-0.1, -0.05) is 51.4 Å². The van der Waals surface area contributed by atoms with E-state index in [1.807, 2.05) is 0 Å². The van der Waals surface area contributed by atoms with Crippen molar-refractivity contribution in [2.24, 2.45) is 11.8 Å². The Morgan fingerprint density at radius 2 is 0.732 bits per heavy atom. The van der Waals surface area contributed by atoms with Gasteiger partial charge in [-0.2, -0.15) is 0 Å². The van der Waals surface area contributed by atoms with Crippen LogP contribution in [-0.4, -0.2) is 82.6 Å². The fourth-order valence-corrected chi connectivity index (χ4v) is 12.9. The lowest BCUT2D eigenvalue weighted by Gasteiger charge is -2.58. The lowest BCUT2D eigenvalue weighted by atomic mass is 9.68. The van der Waals surface area contributed by atoms with E-state index < -0.39 is 0 Å². The molecule has 0 aromatic rings. The second-order valence-electron chi connectivity index (χ2n) is 16.4. The van der Waals surface area contributed by atoms with Gasteiger partial charge in [0.2, 0.25) is 0 Å². The van der Waals surface area contributed by atoms with Crippen LogP contribution in [0.4, 0.5) is 0 Å². The Hall–Kier alpha value is -0.200. The molecule has 41 heavy (non-hydrogen) atoms. The summed E-state index contributed by atoms with van der Waals surface area (Å²) in [4.78, 5) is 6.34. The van der Waals surface area contributed by atoms with Crippen LogP contribution in [-0.2, 0) is 9.47 Å². The summed E-state index contributed by atoms with van der Waals surface area (Å²) in [5, 5.41) is 4.28. The summed E-state index contributed by atoms with van der Waals surface area (Å²) in [6.45, 7) is 0. The molecule has 0 amide bonds.